The van der Waals surface area contributed by atoms with E-state index in [1.54, 1.807) is 24.5 Å². The van der Waals surface area contributed by atoms with Crippen LogP contribution in [0.3, 0.4) is 0 Å². The largest absolute Gasteiger partial charge is 0.288 e. The lowest BCUT2D eigenvalue weighted by molar-refractivity contribution is 1.19. The Hall–Kier alpha value is -2.95. The molecule has 0 aliphatic heterocycles. The Morgan fingerprint density at radius 2 is 1.50 bits per heavy atom. The normalized spacial score (nSPS) is 9.20. The molecule has 20 heavy (non-hydrogen) atoms. The average Bonchev–Trinajstić information content (AvgIpc) is 2.48. The molecule has 0 aliphatic carbocycles. The van der Waals surface area contributed by atoms with Gasteiger partial charge in [0.15, 0.2) is 0 Å². The van der Waals surface area contributed by atoms with Crippen molar-refractivity contribution in [2.24, 2.45) is 0 Å². The summed E-state index contributed by atoms with van der Waals surface area (Å²) in [6, 6.07) is 10.9. The van der Waals surface area contributed by atoms with Gasteiger partial charge in [0, 0.05) is 36.4 Å². The second kappa shape index (κ2) is 7.48. The number of benzene rings is 1. The minimum Gasteiger partial charge on any atom is -0.266 e. The van der Waals surface area contributed by atoms with Crippen LogP contribution in [0.2, 0.25) is 0 Å². The van der Waals surface area contributed by atoms with Gasteiger partial charge in [-0.1, -0.05) is 18.2 Å². The van der Waals surface area contributed by atoms with Crippen molar-refractivity contribution < 1.29 is 0 Å². The third-order valence-electron chi connectivity index (χ3n) is 2.27. The van der Waals surface area contributed by atoms with Crippen LogP contribution in [0.15, 0.2) is 78.4 Å². The van der Waals surface area contributed by atoms with Gasteiger partial charge in [0.2, 0.25) is 0 Å². The average molecular weight is 264 g/mol. The van der Waals surface area contributed by atoms with Crippen molar-refractivity contribution in [1.29, 1.82) is 0 Å². The molecule has 2 aromatic rings. The number of para-hydroxylation sites is 1. The fraction of sp³-hybridized carbons (Fsp3) is 0. The van der Waals surface area contributed by atoms with Crippen LogP contribution < -0.4 is 5.56 Å². The van der Waals surface area contributed by atoms with Gasteiger partial charge in [-0.15, -0.1) is 0 Å². The van der Waals surface area contributed by atoms with Gasteiger partial charge in [-0.25, -0.2) is 4.98 Å². The molecule has 0 radical (unpaired) electrons. The van der Waals surface area contributed by atoms with Crippen molar-refractivity contribution in [3.05, 3.63) is 83.9 Å². The van der Waals surface area contributed by atoms with Crippen molar-refractivity contribution in [1.82, 2.24) is 19.9 Å². The minimum absolute atomic E-state index is 0.439. The number of nitrogens with zero attached hydrogens (tertiary/aromatic N) is 4. The van der Waals surface area contributed by atoms with E-state index >= 15 is 0 Å². The topological polar surface area (TPSA) is 68.6 Å². The van der Waals surface area contributed by atoms with Gasteiger partial charge in [0.05, 0.1) is 11.7 Å². The lowest BCUT2D eigenvalue weighted by atomic mass is 10.2. The second-order valence-corrected chi connectivity index (χ2v) is 3.69. The molecule has 1 aromatic carbocycles. The molecule has 0 saturated carbocycles. The van der Waals surface area contributed by atoms with Crippen molar-refractivity contribution in [3.63, 3.8) is 0 Å². The zero-order valence-electron chi connectivity index (χ0n) is 10.6. The molecule has 98 valence electrons. The van der Waals surface area contributed by atoms with Crippen LogP contribution in [0.1, 0.15) is 0 Å². The highest BCUT2D eigenvalue weighted by molar-refractivity contribution is 5.76. The maximum absolute atomic E-state index is 11.5. The maximum atomic E-state index is 11.5. The fourth-order valence-corrected chi connectivity index (χ4v) is 1.39. The maximum Gasteiger partial charge on any atom is 0.288 e. The minimum atomic E-state index is -0.439. The highest BCUT2D eigenvalue weighted by Crippen LogP contribution is 2.04. The first-order valence-electron chi connectivity index (χ1n) is 5.94. The van der Waals surface area contributed by atoms with Gasteiger partial charge in [-0.05, 0) is 18.2 Å². The Bertz CT molecular complexity index is 762. The SMILES string of the molecule is O=c1cnccnccccnc2ccccc2cn1. The quantitative estimate of drug-likeness (QED) is 0.728. The van der Waals surface area contributed by atoms with Gasteiger partial charge in [-0.3, -0.25) is 19.7 Å². The molecule has 5 heteroatoms. The summed E-state index contributed by atoms with van der Waals surface area (Å²) in [5.74, 6) is 0. The van der Waals surface area contributed by atoms with Gasteiger partial charge in [0.1, 0.15) is 0 Å². The molecule has 0 N–H and O–H groups in total. The number of hydrogen-bond donors (Lipinski definition) is 0. The Morgan fingerprint density at radius 1 is 0.700 bits per heavy atom. The molecule has 5 nitrogen and oxygen atoms in total. The first-order valence-corrected chi connectivity index (χ1v) is 5.94. The zero-order valence-corrected chi connectivity index (χ0v) is 10.6. The number of hydrogen-bond acceptors (Lipinski definition) is 5. The fourth-order valence-electron chi connectivity index (χ4n) is 1.39. The van der Waals surface area contributed by atoms with Gasteiger partial charge in [0.25, 0.3) is 5.56 Å². The molecule has 1 heterocycles. The predicted molar refractivity (Wildman–Crippen MR) is 76.7 cm³/mol. The van der Waals surface area contributed by atoms with E-state index in [4.69, 9.17) is 0 Å². The summed E-state index contributed by atoms with van der Waals surface area (Å²) in [4.78, 5) is 27.3. The standard InChI is InChI=1S/C15H12N4O/c20-15-12-17-10-9-16-7-3-4-8-18-14-6-2-1-5-13(14)11-19-15/h1-12H. The molecule has 0 atom stereocenters. The van der Waals surface area contributed by atoms with Crippen molar-refractivity contribution in [2.45, 2.75) is 0 Å². The summed E-state index contributed by atoms with van der Waals surface area (Å²) < 4.78 is 0. The van der Waals surface area contributed by atoms with Crippen molar-refractivity contribution in [3.8, 4) is 0 Å². The van der Waals surface area contributed by atoms with Crippen LogP contribution in [0.4, 0.5) is 0 Å². The van der Waals surface area contributed by atoms with E-state index in [0.717, 1.165) is 17.1 Å². The first-order chi connectivity index (χ1) is 9.86. The van der Waals surface area contributed by atoms with E-state index in [-0.39, 0.29) is 0 Å². The number of rotatable bonds is 0. The number of fused-ring (bicyclic) bond motifs is 1. The molecule has 1 aromatic heterocycles. The van der Waals surface area contributed by atoms with Crippen LogP contribution in [0, 0.1) is 0 Å². The Labute approximate surface area is 115 Å². The summed E-state index contributed by atoms with van der Waals surface area (Å²) in [5.41, 5.74) is 0.293. The van der Waals surface area contributed by atoms with Crippen molar-refractivity contribution in [2.75, 3.05) is 0 Å². The summed E-state index contributed by atoms with van der Waals surface area (Å²) in [6.45, 7) is 0. The van der Waals surface area contributed by atoms with E-state index in [2.05, 4.69) is 19.9 Å². The molecule has 0 unspecified atom stereocenters. The Kier molecular flexibility index (Phi) is 5.04. The molecule has 0 aliphatic rings. The molecular weight excluding hydrogens is 252 g/mol. The van der Waals surface area contributed by atoms with Crippen molar-refractivity contribution >= 4 is 10.9 Å². The van der Waals surface area contributed by atoms with Gasteiger partial charge < -0.3 is 0 Å². The molecule has 2 rings (SSSR count). The molecular formula is C15H12N4O. The number of aromatic nitrogens is 4. The van der Waals surface area contributed by atoms with E-state index < -0.39 is 5.56 Å². The van der Waals surface area contributed by atoms with Crippen LogP contribution in [-0.2, 0) is 0 Å². The third-order valence-corrected chi connectivity index (χ3v) is 2.27. The predicted octanol–water partition coefficient (Wildman–Crippen LogP) is 2.03. The van der Waals surface area contributed by atoms with E-state index in [9.17, 15) is 4.79 Å². The first kappa shape index (κ1) is 13.5. The Balaban J connectivity index is 2.71. The highest BCUT2D eigenvalue weighted by atomic mass is 16.1. The van der Waals surface area contributed by atoms with E-state index in [1.165, 1.54) is 18.6 Å². The Morgan fingerprint density at radius 3 is 2.45 bits per heavy atom. The molecule has 0 bridgehead atoms. The lowest BCUT2D eigenvalue weighted by Crippen LogP contribution is -1.99. The summed E-state index contributed by atoms with van der Waals surface area (Å²) in [6.07, 6.45) is 8.75. The summed E-state index contributed by atoms with van der Waals surface area (Å²) in [7, 11) is 0. The lowest BCUT2D eigenvalue weighted by Gasteiger charge is -1.88. The van der Waals surface area contributed by atoms with E-state index in [0.29, 0.717) is 0 Å². The van der Waals surface area contributed by atoms with Crippen LogP contribution in [0.5, 0.6) is 0 Å². The van der Waals surface area contributed by atoms with Crippen LogP contribution in [0.25, 0.3) is 10.9 Å². The molecule has 0 spiro atoms. The monoisotopic (exact) mass is 264 g/mol. The molecule has 0 fully saturated rings. The van der Waals surface area contributed by atoms with Crippen LogP contribution >= 0.6 is 0 Å². The zero-order chi connectivity index (χ0) is 14.0. The summed E-state index contributed by atoms with van der Waals surface area (Å²) >= 11 is 0. The molecule has 0 saturated heterocycles. The van der Waals surface area contributed by atoms with Gasteiger partial charge >= 0.3 is 0 Å². The summed E-state index contributed by atoms with van der Waals surface area (Å²) in [5, 5.41) is 0.762. The smallest absolute Gasteiger partial charge is 0.266 e. The van der Waals surface area contributed by atoms with E-state index in [1.807, 2.05) is 24.3 Å². The second-order valence-electron chi connectivity index (χ2n) is 3.69. The molecule has 0 amide bonds. The highest BCUT2D eigenvalue weighted by Gasteiger charge is 1.86. The van der Waals surface area contributed by atoms with Crippen LogP contribution in [-0.4, -0.2) is 19.9 Å². The third kappa shape index (κ3) is 4.38. The van der Waals surface area contributed by atoms with Gasteiger partial charge in [-0.2, -0.15) is 0 Å².